The van der Waals surface area contributed by atoms with Crippen LogP contribution in [0.1, 0.15) is 19.7 Å². The van der Waals surface area contributed by atoms with Crippen LogP contribution in [0.4, 0.5) is 0 Å². The number of carbonyl (C=O) groups is 1. The second-order valence-corrected chi connectivity index (χ2v) is 3.65. The molecule has 1 heterocycles. The first-order valence-corrected chi connectivity index (χ1v) is 4.90. The van der Waals surface area contributed by atoms with Gasteiger partial charge in [0.15, 0.2) is 6.33 Å². The number of rotatable bonds is 5. The first-order valence-electron chi connectivity index (χ1n) is 4.90. The van der Waals surface area contributed by atoms with Crippen molar-refractivity contribution >= 4 is 5.91 Å². The van der Waals surface area contributed by atoms with Crippen LogP contribution in [-0.2, 0) is 11.2 Å². The van der Waals surface area contributed by atoms with Crippen molar-refractivity contribution in [2.75, 3.05) is 6.54 Å². The predicted octanol–water partition coefficient (Wildman–Crippen LogP) is -0.288. The van der Waals surface area contributed by atoms with Crippen molar-refractivity contribution in [1.29, 1.82) is 0 Å². The minimum absolute atomic E-state index is 0.133. The molecule has 0 aliphatic carbocycles. The SMILES string of the molecule is CC(C)[C@@H](N)C(=O)NCCc1ncno1. The third kappa shape index (κ3) is 3.67. The van der Waals surface area contributed by atoms with Gasteiger partial charge in [0.25, 0.3) is 0 Å². The fraction of sp³-hybridized carbons (Fsp3) is 0.667. The van der Waals surface area contributed by atoms with Crippen molar-refractivity contribution < 1.29 is 9.32 Å². The van der Waals surface area contributed by atoms with Crippen molar-refractivity contribution in [2.45, 2.75) is 26.3 Å². The highest BCUT2D eigenvalue weighted by Gasteiger charge is 2.16. The monoisotopic (exact) mass is 212 g/mol. The van der Waals surface area contributed by atoms with E-state index in [2.05, 4.69) is 15.5 Å². The lowest BCUT2D eigenvalue weighted by molar-refractivity contribution is -0.123. The van der Waals surface area contributed by atoms with Gasteiger partial charge in [0.2, 0.25) is 11.8 Å². The van der Waals surface area contributed by atoms with Gasteiger partial charge in [-0.15, -0.1) is 0 Å². The average Bonchev–Trinajstić information content (AvgIpc) is 2.69. The summed E-state index contributed by atoms with van der Waals surface area (Å²) in [5.41, 5.74) is 5.66. The van der Waals surface area contributed by atoms with E-state index in [1.165, 1.54) is 6.33 Å². The number of amides is 1. The van der Waals surface area contributed by atoms with Gasteiger partial charge in [-0.2, -0.15) is 4.98 Å². The molecule has 1 atom stereocenters. The van der Waals surface area contributed by atoms with Crippen LogP contribution < -0.4 is 11.1 Å². The van der Waals surface area contributed by atoms with Gasteiger partial charge in [-0.3, -0.25) is 4.79 Å². The Bertz CT molecular complexity index is 297. The standard InChI is InChI=1S/C9H16N4O2/c1-6(2)8(10)9(14)11-4-3-7-12-5-13-15-7/h5-6,8H,3-4,10H2,1-2H3,(H,11,14)/t8-/m1/s1. The molecule has 1 aromatic rings. The summed E-state index contributed by atoms with van der Waals surface area (Å²) in [6.07, 6.45) is 1.85. The van der Waals surface area contributed by atoms with Crippen LogP contribution in [-0.4, -0.2) is 28.6 Å². The first kappa shape index (κ1) is 11.6. The highest BCUT2D eigenvalue weighted by atomic mass is 16.5. The fourth-order valence-corrected chi connectivity index (χ4v) is 1.02. The Morgan fingerprint density at radius 3 is 2.93 bits per heavy atom. The van der Waals surface area contributed by atoms with E-state index < -0.39 is 6.04 Å². The maximum Gasteiger partial charge on any atom is 0.237 e. The molecular weight excluding hydrogens is 196 g/mol. The summed E-state index contributed by atoms with van der Waals surface area (Å²) in [4.78, 5) is 15.2. The van der Waals surface area contributed by atoms with Gasteiger partial charge in [0.05, 0.1) is 6.04 Å². The maximum atomic E-state index is 11.4. The van der Waals surface area contributed by atoms with E-state index in [4.69, 9.17) is 10.3 Å². The predicted molar refractivity (Wildman–Crippen MR) is 53.8 cm³/mol. The summed E-state index contributed by atoms with van der Waals surface area (Å²) < 4.78 is 4.78. The maximum absolute atomic E-state index is 11.4. The van der Waals surface area contributed by atoms with Gasteiger partial charge in [-0.05, 0) is 5.92 Å². The minimum Gasteiger partial charge on any atom is -0.354 e. The number of carbonyl (C=O) groups excluding carboxylic acids is 1. The Balaban J connectivity index is 2.23. The Morgan fingerprint density at radius 2 is 2.40 bits per heavy atom. The molecule has 0 saturated carbocycles. The lowest BCUT2D eigenvalue weighted by Gasteiger charge is -2.14. The van der Waals surface area contributed by atoms with Gasteiger partial charge >= 0.3 is 0 Å². The molecule has 0 fully saturated rings. The molecule has 15 heavy (non-hydrogen) atoms. The normalized spacial score (nSPS) is 12.8. The van der Waals surface area contributed by atoms with Gasteiger partial charge in [0.1, 0.15) is 0 Å². The highest BCUT2D eigenvalue weighted by molar-refractivity contribution is 5.81. The Hall–Kier alpha value is -1.43. The van der Waals surface area contributed by atoms with Gasteiger partial charge in [-0.1, -0.05) is 19.0 Å². The van der Waals surface area contributed by atoms with Crippen LogP contribution >= 0.6 is 0 Å². The molecule has 0 unspecified atom stereocenters. The lowest BCUT2D eigenvalue weighted by Crippen LogP contribution is -2.44. The third-order valence-corrected chi connectivity index (χ3v) is 2.07. The van der Waals surface area contributed by atoms with Crippen LogP contribution in [0.25, 0.3) is 0 Å². The third-order valence-electron chi connectivity index (χ3n) is 2.07. The molecular formula is C9H16N4O2. The van der Waals surface area contributed by atoms with E-state index in [9.17, 15) is 4.79 Å². The van der Waals surface area contributed by atoms with Crippen molar-refractivity contribution in [1.82, 2.24) is 15.5 Å². The molecule has 0 aliphatic rings. The van der Waals surface area contributed by atoms with Gasteiger partial charge < -0.3 is 15.6 Å². The molecule has 84 valence electrons. The fourth-order valence-electron chi connectivity index (χ4n) is 1.02. The van der Waals surface area contributed by atoms with Gasteiger partial charge in [-0.25, -0.2) is 0 Å². The number of hydrogen-bond acceptors (Lipinski definition) is 5. The number of nitrogens with two attached hydrogens (primary N) is 1. The zero-order chi connectivity index (χ0) is 11.3. The van der Waals surface area contributed by atoms with Crippen molar-refractivity contribution in [3.8, 4) is 0 Å². The van der Waals surface area contributed by atoms with Crippen LogP contribution in [0, 0.1) is 5.92 Å². The number of aromatic nitrogens is 2. The molecule has 0 bridgehead atoms. The molecule has 0 aliphatic heterocycles. The highest BCUT2D eigenvalue weighted by Crippen LogP contribution is 1.98. The van der Waals surface area contributed by atoms with Gasteiger partial charge in [0, 0.05) is 13.0 Å². The summed E-state index contributed by atoms with van der Waals surface area (Å²) >= 11 is 0. The topological polar surface area (TPSA) is 94.0 Å². The van der Waals surface area contributed by atoms with E-state index in [0.29, 0.717) is 18.9 Å². The van der Waals surface area contributed by atoms with Crippen LogP contribution in [0.3, 0.4) is 0 Å². The summed E-state index contributed by atoms with van der Waals surface area (Å²) in [6.45, 7) is 4.27. The molecule has 1 amide bonds. The van der Waals surface area contributed by atoms with E-state index in [0.717, 1.165) is 0 Å². The molecule has 0 spiro atoms. The van der Waals surface area contributed by atoms with E-state index in [1.54, 1.807) is 0 Å². The van der Waals surface area contributed by atoms with Crippen LogP contribution in [0.2, 0.25) is 0 Å². The summed E-state index contributed by atoms with van der Waals surface area (Å²) in [5.74, 6) is 0.492. The number of hydrogen-bond donors (Lipinski definition) is 2. The molecule has 0 radical (unpaired) electrons. The molecule has 6 nitrogen and oxygen atoms in total. The second kappa shape index (κ2) is 5.45. The van der Waals surface area contributed by atoms with E-state index in [-0.39, 0.29) is 11.8 Å². The average molecular weight is 212 g/mol. The van der Waals surface area contributed by atoms with Crippen molar-refractivity contribution in [3.63, 3.8) is 0 Å². The molecule has 1 rings (SSSR count). The van der Waals surface area contributed by atoms with E-state index in [1.807, 2.05) is 13.8 Å². The van der Waals surface area contributed by atoms with Crippen LogP contribution in [0.15, 0.2) is 10.9 Å². The summed E-state index contributed by atoms with van der Waals surface area (Å²) in [5, 5.41) is 6.17. The first-order chi connectivity index (χ1) is 7.11. The Kier molecular flexibility index (Phi) is 4.23. The van der Waals surface area contributed by atoms with Crippen molar-refractivity contribution in [2.24, 2.45) is 11.7 Å². The largest absolute Gasteiger partial charge is 0.354 e. The molecule has 1 aromatic heterocycles. The molecule has 6 heteroatoms. The second-order valence-electron chi connectivity index (χ2n) is 3.65. The van der Waals surface area contributed by atoms with E-state index >= 15 is 0 Å². The number of nitrogens with one attached hydrogen (secondary N) is 1. The van der Waals surface area contributed by atoms with Crippen molar-refractivity contribution in [3.05, 3.63) is 12.2 Å². The zero-order valence-electron chi connectivity index (χ0n) is 8.93. The summed E-state index contributed by atoms with van der Waals surface area (Å²) in [6, 6.07) is -0.465. The number of nitrogens with zero attached hydrogens (tertiary/aromatic N) is 2. The smallest absolute Gasteiger partial charge is 0.237 e. The Labute approximate surface area is 88.2 Å². The lowest BCUT2D eigenvalue weighted by atomic mass is 10.1. The molecule has 0 aromatic carbocycles. The Morgan fingerprint density at radius 1 is 1.67 bits per heavy atom. The molecule has 3 N–H and O–H groups in total. The minimum atomic E-state index is -0.465. The molecule has 0 saturated heterocycles. The zero-order valence-corrected chi connectivity index (χ0v) is 8.93. The van der Waals surface area contributed by atoms with Crippen LogP contribution in [0.5, 0.6) is 0 Å². The summed E-state index contributed by atoms with van der Waals surface area (Å²) in [7, 11) is 0. The quantitative estimate of drug-likeness (QED) is 0.699.